The van der Waals surface area contributed by atoms with E-state index in [0.29, 0.717) is 6.41 Å². The first-order valence-electron chi connectivity index (χ1n) is 4.55. The van der Waals surface area contributed by atoms with Crippen LogP contribution >= 0.6 is 11.3 Å². The van der Waals surface area contributed by atoms with Crippen molar-refractivity contribution in [1.82, 2.24) is 4.98 Å². The van der Waals surface area contributed by atoms with Gasteiger partial charge in [-0.3, -0.25) is 4.79 Å². The fourth-order valence-electron chi connectivity index (χ4n) is 1.17. The van der Waals surface area contributed by atoms with Crippen molar-refractivity contribution in [2.45, 2.75) is 32.7 Å². The van der Waals surface area contributed by atoms with Crippen molar-refractivity contribution in [3.05, 3.63) is 10.7 Å². The Hall–Kier alpha value is -0.940. The van der Waals surface area contributed by atoms with Crippen LogP contribution in [0.25, 0.3) is 0 Å². The van der Waals surface area contributed by atoms with Gasteiger partial charge in [0.15, 0.2) is 0 Å². The summed E-state index contributed by atoms with van der Waals surface area (Å²) >= 11 is 1.50. The van der Waals surface area contributed by atoms with Gasteiger partial charge in [-0.25, -0.2) is 4.98 Å². The normalized spacial score (nSPS) is 12.5. The first-order valence-corrected chi connectivity index (χ1v) is 5.37. The molecule has 1 unspecified atom stereocenters. The molecule has 0 saturated carbocycles. The van der Waals surface area contributed by atoms with Gasteiger partial charge in [0.05, 0.1) is 10.7 Å². The largest absolute Gasteiger partial charge is 0.328 e. The molecule has 0 saturated heterocycles. The summed E-state index contributed by atoms with van der Waals surface area (Å²) in [5.41, 5.74) is 6.60. The van der Waals surface area contributed by atoms with Crippen molar-refractivity contribution < 1.29 is 4.79 Å². The molecule has 78 valence electrons. The number of hydrogen-bond donors (Lipinski definition) is 2. The highest BCUT2D eigenvalue weighted by Gasteiger charge is 2.08. The molecule has 0 aliphatic heterocycles. The van der Waals surface area contributed by atoms with Crippen LogP contribution < -0.4 is 11.1 Å². The van der Waals surface area contributed by atoms with Crippen LogP contribution in [0.2, 0.25) is 0 Å². The maximum atomic E-state index is 10.3. The number of anilines is 1. The zero-order chi connectivity index (χ0) is 10.6. The van der Waals surface area contributed by atoms with Crippen LogP contribution in [-0.2, 0) is 11.2 Å². The van der Waals surface area contributed by atoms with Crippen LogP contribution in [0.1, 0.15) is 24.0 Å². The van der Waals surface area contributed by atoms with Crippen LogP contribution in [-0.4, -0.2) is 17.4 Å². The predicted molar refractivity (Wildman–Crippen MR) is 58.5 cm³/mol. The second-order valence-corrected chi connectivity index (χ2v) is 4.49. The number of nitrogens with zero attached hydrogens (tertiary/aromatic N) is 1. The Bertz CT molecular complexity index is 309. The molecule has 0 bridgehead atoms. The van der Waals surface area contributed by atoms with Crippen LogP contribution in [0.5, 0.6) is 0 Å². The number of hydrogen-bond acceptors (Lipinski definition) is 4. The van der Waals surface area contributed by atoms with Crippen molar-refractivity contribution in [2.75, 3.05) is 5.32 Å². The summed E-state index contributed by atoms with van der Waals surface area (Å²) in [7, 11) is 0. The van der Waals surface area contributed by atoms with Gasteiger partial charge in [-0.1, -0.05) is 0 Å². The number of aryl methyl sites for hydroxylation is 2. The lowest BCUT2D eigenvalue weighted by atomic mass is 10.1. The third-order valence-electron chi connectivity index (χ3n) is 1.83. The summed E-state index contributed by atoms with van der Waals surface area (Å²) in [6, 6.07) is 0.168. The molecular weight excluding hydrogens is 198 g/mol. The number of rotatable bonds is 5. The Morgan fingerprint density at radius 1 is 1.71 bits per heavy atom. The number of amides is 1. The molecule has 4 nitrogen and oxygen atoms in total. The Kier molecular flexibility index (Phi) is 4.03. The van der Waals surface area contributed by atoms with Gasteiger partial charge < -0.3 is 11.1 Å². The number of nitrogens with one attached hydrogen (secondary N) is 1. The minimum absolute atomic E-state index is 0.168. The molecule has 1 amide bonds. The van der Waals surface area contributed by atoms with E-state index in [1.165, 1.54) is 11.3 Å². The van der Waals surface area contributed by atoms with E-state index in [1.807, 2.05) is 13.8 Å². The van der Waals surface area contributed by atoms with Crippen molar-refractivity contribution in [3.8, 4) is 0 Å². The van der Waals surface area contributed by atoms with Crippen LogP contribution in [0.15, 0.2) is 0 Å². The maximum Gasteiger partial charge on any atom is 0.212 e. The molecule has 0 aliphatic rings. The molecule has 1 aromatic heterocycles. The van der Waals surface area contributed by atoms with Gasteiger partial charge in [0.25, 0.3) is 0 Å². The third kappa shape index (κ3) is 3.08. The van der Waals surface area contributed by atoms with Gasteiger partial charge in [0, 0.05) is 6.04 Å². The van der Waals surface area contributed by atoms with Gasteiger partial charge in [-0.05, 0) is 26.7 Å². The highest BCUT2D eigenvalue weighted by Crippen LogP contribution is 2.24. The summed E-state index contributed by atoms with van der Waals surface area (Å²) in [6.45, 7) is 3.89. The van der Waals surface area contributed by atoms with E-state index in [9.17, 15) is 4.79 Å². The Balaban J connectivity index is 2.68. The number of carbonyl (C=O) groups excluding carboxylic acids is 1. The average molecular weight is 213 g/mol. The van der Waals surface area contributed by atoms with Crippen molar-refractivity contribution >= 4 is 22.7 Å². The Labute approximate surface area is 87.5 Å². The first-order chi connectivity index (χ1) is 6.63. The highest BCUT2D eigenvalue weighted by atomic mass is 32.1. The molecule has 1 atom stereocenters. The number of aromatic nitrogens is 1. The molecule has 0 aromatic carbocycles. The van der Waals surface area contributed by atoms with E-state index in [1.54, 1.807) is 0 Å². The van der Waals surface area contributed by atoms with Crippen LogP contribution in [0.4, 0.5) is 5.00 Å². The van der Waals surface area contributed by atoms with Gasteiger partial charge in [0.2, 0.25) is 6.41 Å². The summed E-state index contributed by atoms with van der Waals surface area (Å²) < 4.78 is 0. The van der Waals surface area contributed by atoms with E-state index < -0.39 is 0 Å². The number of nitrogens with two attached hydrogens (primary N) is 1. The predicted octanol–water partition coefficient (Wildman–Crippen LogP) is 1.30. The molecule has 14 heavy (non-hydrogen) atoms. The molecular formula is C9H15N3OS. The van der Waals surface area contributed by atoms with Gasteiger partial charge >= 0.3 is 0 Å². The first kappa shape index (κ1) is 11.1. The number of carbonyl (C=O) groups is 1. The van der Waals surface area contributed by atoms with Gasteiger partial charge in [-0.2, -0.15) is 0 Å². The third-order valence-corrected chi connectivity index (χ3v) is 2.78. The topological polar surface area (TPSA) is 68.0 Å². The lowest BCUT2D eigenvalue weighted by molar-refractivity contribution is -0.105. The summed E-state index contributed by atoms with van der Waals surface area (Å²) in [6.07, 6.45) is 2.39. The molecule has 1 rings (SSSR count). The van der Waals surface area contributed by atoms with Crippen molar-refractivity contribution in [2.24, 2.45) is 5.73 Å². The molecule has 3 N–H and O–H groups in total. The van der Waals surface area contributed by atoms with Crippen LogP contribution in [0.3, 0.4) is 0 Å². The molecule has 1 aromatic rings. The smallest absolute Gasteiger partial charge is 0.212 e. The maximum absolute atomic E-state index is 10.3. The molecule has 0 fully saturated rings. The lowest BCUT2D eigenvalue weighted by Crippen LogP contribution is -2.15. The molecule has 0 radical (unpaired) electrons. The molecule has 5 heteroatoms. The summed E-state index contributed by atoms with van der Waals surface area (Å²) in [4.78, 5) is 14.7. The quantitative estimate of drug-likeness (QED) is 0.724. The van der Waals surface area contributed by atoms with Crippen LogP contribution in [0, 0.1) is 6.92 Å². The Morgan fingerprint density at radius 2 is 2.43 bits per heavy atom. The SMILES string of the molecule is Cc1nc(CCC(C)N)c(NC=O)s1. The molecule has 1 heterocycles. The second kappa shape index (κ2) is 5.07. The van der Waals surface area contributed by atoms with Crippen molar-refractivity contribution in [1.29, 1.82) is 0 Å². The van der Waals surface area contributed by atoms with Gasteiger partial charge in [-0.15, -0.1) is 11.3 Å². The Morgan fingerprint density at radius 3 is 3.00 bits per heavy atom. The summed E-state index contributed by atoms with van der Waals surface area (Å²) in [5, 5.41) is 4.47. The van der Waals surface area contributed by atoms with Gasteiger partial charge in [0.1, 0.15) is 5.00 Å². The zero-order valence-electron chi connectivity index (χ0n) is 8.41. The standard InChI is InChI=1S/C9H15N3OS/c1-6(10)3-4-8-9(11-5-13)14-7(2)12-8/h5-6H,3-4,10H2,1-2H3,(H,11,13). The summed E-state index contributed by atoms with van der Waals surface area (Å²) in [5.74, 6) is 0. The molecule has 0 spiro atoms. The highest BCUT2D eigenvalue weighted by molar-refractivity contribution is 7.16. The van der Waals surface area contributed by atoms with E-state index >= 15 is 0 Å². The average Bonchev–Trinajstić information content (AvgIpc) is 2.44. The van der Waals surface area contributed by atoms with E-state index in [2.05, 4.69) is 10.3 Å². The van der Waals surface area contributed by atoms with E-state index in [-0.39, 0.29) is 6.04 Å². The second-order valence-electron chi connectivity index (χ2n) is 3.29. The minimum Gasteiger partial charge on any atom is -0.328 e. The monoisotopic (exact) mass is 213 g/mol. The van der Waals surface area contributed by atoms with E-state index in [0.717, 1.165) is 28.5 Å². The fourth-order valence-corrected chi connectivity index (χ4v) is 1.99. The lowest BCUT2D eigenvalue weighted by Gasteiger charge is -2.03. The van der Waals surface area contributed by atoms with Crippen molar-refractivity contribution in [3.63, 3.8) is 0 Å². The zero-order valence-corrected chi connectivity index (χ0v) is 9.23. The number of thiazole rings is 1. The minimum atomic E-state index is 0.168. The fraction of sp³-hybridized carbons (Fsp3) is 0.556. The molecule has 0 aliphatic carbocycles. The van der Waals surface area contributed by atoms with E-state index in [4.69, 9.17) is 5.73 Å².